The standard InChI is InChI=1S/C15H25NO2/c1-11-12(2)14(18-5)7-6-13(11)15(3,4)10-16-8-9-17/h6-7,16-17H,8-10H2,1-5H3. The van der Waals surface area contributed by atoms with Crippen molar-refractivity contribution in [3.8, 4) is 5.75 Å². The van der Waals surface area contributed by atoms with Crippen LogP contribution in [-0.4, -0.2) is 31.9 Å². The van der Waals surface area contributed by atoms with E-state index in [-0.39, 0.29) is 12.0 Å². The number of methoxy groups -OCH3 is 1. The van der Waals surface area contributed by atoms with Crippen LogP contribution in [0.25, 0.3) is 0 Å². The first-order chi connectivity index (χ1) is 8.44. The van der Waals surface area contributed by atoms with Crippen molar-refractivity contribution >= 4 is 0 Å². The molecule has 102 valence electrons. The predicted octanol–water partition coefficient (Wildman–Crippen LogP) is 2.17. The van der Waals surface area contributed by atoms with Gasteiger partial charge in [0.1, 0.15) is 5.75 Å². The highest BCUT2D eigenvalue weighted by atomic mass is 16.5. The quantitative estimate of drug-likeness (QED) is 0.761. The van der Waals surface area contributed by atoms with Gasteiger partial charge in [0, 0.05) is 18.5 Å². The topological polar surface area (TPSA) is 41.5 Å². The molecule has 3 nitrogen and oxygen atoms in total. The lowest BCUT2D eigenvalue weighted by Crippen LogP contribution is -2.35. The largest absolute Gasteiger partial charge is 0.496 e. The van der Waals surface area contributed by atoms with Gasteiger partial charge in [0.05, 0.1) is 13.7 Å². The third kappa shape index (κ3) is 3.24. The van der Waals surface area contributed by atoms with Gasteiger partial charge >= 0.3 is 0 Å². The first kappa shape index (κ1) is 15.0. The minimum atomic E-state index is 0.0380. The minimum Gasteiger partial charge on any atom is -0.496 e. The fourth-order valence-electron chi connectivity index (χ4n) is 2.33. The molecule has 0 bridgehead atoms. The van der Waals surface area contributed by atoms with Gasteiger partial charge in [-0.2, -0.15) is 0 Å². The molecule has 0 heterocycles. The summed E-state index contributed by atoms with van der Waals surface area (Å²) in [5, 5.41) is 12.1. The number of hydrogen-bond acceptors (Lipinski definition) is 3. The fraction of sp³-hybridized carbons (Fsp3) is 0.600. The van der Waals surface area contributed by atoms with Gasteiger partial charge in [-0.25, -0.2) is 0 Å². The van der Waals surface area contributed by atoms with Gasteiger partial charge in [-0.15, -0.1) is 0 Å². The van der Waals surface area contributed by atoms with E-state index in [4.69, 9.17) is 9.84 Å². The third-order valence-corrected chi connectivity index (χ3v) is 3.54. The van der Waals surface area contributed by atoms with Crippen LogP contribution in [0.2, 0.25) is 0 Å². The van der Waals surface area contributed by atoms with Crippen LogP contribution in [0.15, 0.2) is 12.1 Å². The van der Waals surface area contributed by atoms with E-state index in [0.717, 1.165) is 12.3 Å². The second-order valence-electron chi connectivity index (χ2n) is 5.35. The first-order valence-electron chi connectivity index (χ1n) is 6.40. The van der Waals surface area contributed by atoms with E-state index < -0.39 is 0 Å². The summed E-state index contributed by atoms with van der Waals surface area (Å²) in [6.45, 7) is 10.3. The van der Waals surface area contributed by atoms with Gasteiger partial charge in [-0.05, 0) is 36.6 Å². The summed E-state index contributed by atoms with van der Waals surface area (Å²) in [7, 11) is 1.70. The molecule has 0 saturated carbocycles. The summed E-state index contributed by atoms with van der Waals surface area (Å²) in [5.74, 6) is 0.940. The summed E-state index contributed by atoms with van der Waals surface area (Å²) in [5.41, 5.74) is 3.85. The molecule has 2 N–H and O–H groups in total. The molecule has 0 spiro atoms. The zero-order valence-corrected chi connectivity index (χ0v) is 12.1. The molecule has 1 aromatic rings. The molecular formula is C15H25NO2. The lowest BCUT2D eigenvalue weighted by molar-refractivity contribution is 0.286. The van der Waals surface area contributed by atoms with E-state index in [9.17, 15) is 0 Å². The maximum atomic E-state index is 8.82. The molecule has 0 aromatic heterocycles. The smallest absolute Gasteiger partial charge is 0.122 e. The van der Waals surface area contributed by atoms with Gasteiger partial charge in [0.15, 0.2) is 0 Å². The molecule has 0 aliphatic heterocycles. The minimum absolute atomic E-state index is 0.0380. The van der Waals surface area contributed by atoms with Crippen molar-refractivity contribution < 1.29 is 9.84 Å². The van der Waals surface area contributed by atoms with Crippen LogP contribution in [-0.2, 0) is 5.41 Å². The van der Waals surface area contributed by atoms with E-state index in [0.29, 0.717) is 6.54 Å². The van der Waals surface area contributed by atoms with Crippen LogP contribution < -0.4 is 10.1 Å². The Hall–Kier alpha value is -1.06. The molecule has 18 heavy (non-hydrogen) atoms. The highest BCUT2D eigenvalue weighted by Gasteiger charge is 2.23. The summed E-state index contributed by atoms with van der Waals surface area (Å²) in [6, 6.07) is 4.17. The average Bonchev–Trinajstić information content (AvgIpc) is 2.32. The Kier molecular flexibility index (Phi) is 5.17. The number of hydrogen-bond donors (Lipinski definition) is 2. The van der Waals surface area contributed by atoms with E-state index >= 15 is 0 Å². The third-order valence-electron chi connectivity index (χ3n) is 3.54. The number of rotatable bonds is 6. The van der Waals surface area contributed by atoms with E-state index in [1.807, 2.05) is 6.07 Å². The molecule has 0 radical (unpaired) electrons. The summed E-state index contributed by atoms with van der Waals surface area (Å²) in [4.78, 5) is 0. The van der Waals surface area contributed by atoms with Crippen molar-refractivity contribution in [2.45, 2.75) is 33.1 Å². The lowest BCUT2D eigenvalue weighted by Gasteiger charge is -2.28. The molecular weight excluding hydrogens is 226 g/mol. The maximum absolute atomic E-state index is 8.82. The van der Waals surface area contributed by atoms with Crippen molar-refractivity contribution in [2.24, 2.45) is 0 Å². The van der Waals surface area contributed by atoms with Gasteiger partial charge < -0.3 is 15.2 Å². The predicted molar refractivity (Wildman–Crippen MR) is 75.4 cm³/mol. The molecule has 0 fully saturated rings. The Morgan fingerprint density at radius 3 is 2.44 bits per heavy atom. The summed E-state index contributed by atoms with van der Waals surface area (Å²) >= 11 is 0. The molecule has 1 aromatic carbocycles. The summed E-state index contributed by atoms with van der Waals surface area (Å²) in [6.07, 6.45) is 0. The SMILES string of the molecule is COc1ccc(C(C)(C)CNCCO)c(C)c1C. The second-order valence-corrected chi connectivity index (χ2v) is 5.35. The summed E-state index contributed by atoms with van der Waals surface area (Å²) < 4.78 is 5.34. The first-order valence-corrected chi connectivity index (χ1v) is 6.40. The van der Waals surface area contributed by atoms with Gasteiger partial charge in [-0.1, -0.05) is 19.9 Å². The van der Waals surface area contributed by atoms with Crippen LogP contribution >= 0.6 is 0 Å². The molecule has 0 aliphatic carbocycles. The molecule has 1 rings (SSSR count). The zero-order chi connectivity index (χ0) is 13.8. The van der Waals surface area contributed by atoms with Gasteiger partial charge in [0.2, 0.25) is 0 Å². The van der Waals surface area contributed by atoms with Gasteiger partial charge in [-0.3, -0.25) is 0 Å². The molecule has 3 heteroatoms. The van der Waals surface area contributed by atoms with Crippen molar-refractivity contribution in [1.29, 1.82) is 0 Å². The van der Waals surface area contributed by atoms with E-state index in [1.54, 1.807) is 7.11 Å². The number of benzene rings is 1. The number of nitrogens with one attached hydrogen (secondary N) is 1. The van der Waals surface area contributed by atoms with Crippen LogP contribution in [0, 0.1) is 13.8 Å². The highest BCUT2D eigenvalue weighted by molar-refractivity contribution is 5.46. The Balaban J connectivity index is 2.98. The Bertz CT molecular complexity index is 400. The number of aliphatic hydroxyl groups excluding tert-OH is 1. The van der Waals surface area contributed by atoms with Crippen LogP contribution in [0.3, 0.4) is 0 Å². The van der Waals surface area contributed by atoms with Gasteiger partial charge in [0.25, 0.3) is 0 Å². The van der Waals surface area contributed by atoms with E-state index in [2.05, 4.69) is 39.1 Å². The Morgan fingerprint density at radius 2 is 1.89 bits per heavy atom. The number of ether oxygens (including phenoxy) is 1. The molecule has 0 amide bonds. The van der Waals surface area contributed by atoms with Crippen LogP contribution in [0.1, 0.15) is 30.5 Å². The van der Waals surface area contributed by atoms with E-state index in [1.165, 1.54) is 16.7 Å². The lowest BCUT2D eigenvalue weighted by atomic mass is 9.80. The molecule has 0 saturated heterocycles. The number of aliphatic hydroxyl groups is 1. The molecule has 0 aliphatic rings. The molecule has 0 atom stereocenters. The maximum Gasteiger partial charge on any atom is 0.122 e. The van der Waals surface area contributed by atoms with Crippen LogP contribution in [0.5, 0.6) is 5.75 Å². The molecule has 0 unspecified atom stereocenters. The van der Waals surface area contributed by atoms with Crippen molar-refractivity contribution in [2.75, 3.05) is 26.8 Å². The average molecular weight is 251 g/mol. The van der Waals surface area contributed by atoms with Crippen molar-refractivity contribution in [1.82, 2.24) is 5.32 Å². The Morgan fingerprint density at radius 1 is 1.22 bits per heavy atom. The monoisotopic (exact) mass is 251 g/mol. The second kappa shape index (κ2) is 6.21. The Labute approximate surface area is 110 Å². The normalized spacial score (nSPS) is 11.7. The highest BCUT2D eigenvalue weighted by Crippen LogP contribution is 2.31. The van der Waals surface area contributed by atoms with Crippen molar-refractivity contribution in [3.05, 3.63) is 28.8 Å². The van der Waals surface area contributed by atoms with Crippen molar-refractivity contribution in [3.63, 3.8) is 0 Å². The van der Waals surface area contributed by atoms with Crippen LogP contribution in [0.4, 0.5) is 0 Å². The fourth-order valence-corrected chi connectivity index (χ4v) is 2.33. The zero-order valence-electron chi connectivity index (χ0n) is 12.1.